The highest BCUT2D eigenvalue weighted by Gasteiger charge is 2.02. The van der Waals surface area contributed by atoms with Crippen molar-refractivity contribution in [3.63, 3.8) is 0 Å². The fourth-order valence-corrected chi connectivity index (χ4v) is 2.21. The normalized spacial score (nSPS) is 10.0. The van der Waals surface area contributed by atoms with Crippen molar-refractivity contribution < 1.29 is 0 Å². The van der Waals surface area contributed by atoms with Crippen molar-refractivity contribution in [3.8, 4) is 6.07 Å². The Kier molecular flexibility index (Phi) is 1.60. The van der Waals surface area contributed by atoms with Crippen LogP contribution in [0.3, 0.4) is 0 Å². The lowest BCUT2D eigenvalue weighted by molar-refractivity contribution is 1.44. The third kappa shape index (κ3) is 0.910. The average Bonchev–Trinajstić information content (AvgIpc) is 2.53. The zero-order valence-electron chi connectivity index (χ0n) is 6.66. The van der Waals surface area contributed by atoms with E-state index in [-0.39, 0.29) is 0 Å². The van der Waals surface area contributed by atoms with Gasteiger partial charge in [0.25, 0.3) is 0 Å². The van der Waals surface area contributed by atoms with Crippen LogP contribution in [0.5, 0.6) is 0 Å². The van der Waals surface area contributed by atoms with E-state index >= 15 is 0 Å². The largest absolute Gasteiger partial charge is 0.192 e. The van der Waals surface area contributed by atoms with Gasteiger partial charge in [-0.25, -0.2) is 0 Å². The molecular weight excluding hydrogens is 166 g/mol. The van der Waals surface area contributed by atoms with Crippen LogP contribution < -0.4 is 0 Å². The van der Waals surface area contributed by atoms with E-state index in [9.17, 15) is 0 Å². The summed E-state index contributed by atoms with van der Waals surface area (Å²) in [6, 6.07) is 8.14. The van der Waals surface area contributed by atoms with Crippen LogP contribution in [0.4, 0.5) is 0 Å². The Morgan fingerprint density at radius 2 is 2.17 bits per heavy atom. The number of hydrogen-bond acceptors (Lipinski definition) is 2. The Hall–Kier alpha value is -1.33. The van der Waals surface area contributed by atoms with Gasteiger partial charge >= 0.3 is 0 Å². The van der Waals surface area contributed by atoms with Gasteiger partial charge in [0, 0.05) is 4.70 Å². The number of rotatable bonds is 0. The Morgan fingerprint density at radius 1 is 1.33 bits per heavy atom. The minimum absolute atomic E-state index is 0.782. The van der Waals surface area contributed by atoms with Gasteiger partial charge in [0.05, 0.1) is 11.6 Å². The van der Waals surface area contributed by atoms with Gasteiger partial charge in [-0.15, -0.1) is 11.3 Å². The smallest absolute Gasteiger partial charge is 0.0994 e. The minimum atomic E-state index is 0.782. The minimum Gasteiger partial charge on any atom is -0.192 e. The molecule has 0 bridgehead atoms. The van der Waals surface area contributed by atoms with Crippen LogP contribution in [0.25, 0.3) is 10.1 Å². The number of benzene rings is 1. The molecule has 58 valence electrons. The topological polar surface area (TPSA) is 23.8 Å². The first-order chi connectivity index (χ1) is 5.83. The zero-order chi connectivity index (χ0) is 8.55. The second-order valence-electron chi connectivity index (χ2n) is 2.69. The molecule has 0 aliphatic heterocycles. The maximum atomic E-state index is 8.77. The second kappa shape index (κ2) is 2.62. The first kappa shape index (κ1) is 7.33. The Morgan fingerprint density at radius 3 is 2.92 bits per heavy atom. The van der Waals surface area contributed by atoms with E-state index in [0.717, 1.165) is 11.1 Å². The van der Waals surface area contributed by atoms with E-state index in [2.05, 4.69) is 17.5 Å². The molecule has 0 saturated heterocycles. The monoisotopic (exact) mass is 173 g/mol. The molecule has 0 saturated carbocycles. The standard InChI is InChI=1S/C10H7NS/c1-7-9(6-11)3-2-8-4-5-12-10(7)8/h2-5H,1H3. The molecule has 0 atom stereocenters. The van der Waals surface area contributed by atoms with Gasteiger partial charge in [0.15, 0.2) is 0 Å². The van der Waals surface area contributed by atoms with E-state index in [0.29, 0.717) is 0 Å². The van der Waals surface area contributed by atoms with Crippen molar-refractivity contribution >= 4 is 21.4 Å². The summed E-state index contributed by atoms with van der Waals surface area (Å²) in [5.41, 5.74) is 1.88. The van der Waals surface area contributed by atoms with Gasteiger partial charge in [-0.1, -0.05) is 6.07 Å². The highest BCUT2D eigenvalue weighted by molar-refractivity contribution is 7.17. The van der Waals surface area contributed by atoms with E-state index in [1.807, 2.05) is 19.1 Å². The number of hydrogen-bond donors (Lipinski definition) is 0. The molecule has 0 N–H and O–H groups in total. The number of nitriles is 1. The average molecular weight is 173 g/mol. The number of nitrogens with zero attached hydrogens (tertiary/aromatic N) is 1. The predicted molar refractivity (Wildman–Crippen MR) is 51.3 cm³/mol. The van der Waals surface area contributed by atoms with Crippen LogP contribution in [-0.2, 0) is 0 Å². The molecule has 0 aliphatic carbocycles. The lowest BCUT2D eigenvalue weighted by Crippen LogP contribution is -1.80. The summed E-state index contributed by atoms with van der Waals surface area (Å²) in [6.45, 7) is 2.00. The molecule has 1 nitrogen and oxygen atoms in total. The molecule has 0 radical (unpaired) electrons. The van der Waals surface area contributed by atoms with Gasteiger partial charge < -0.3 is 0 Å². The zero-order valence-corrected chi connectivity index (χ0v) is 7.48. The molecule has 0 aliphatic rings. The van der Waals surface area contributed by atoms with E-state index in [1.54, 1.807) is 11.3 Å². The van der Waals surface area contributed by atoms with Crippen molar-refractivity contribution in [1.82, 2.24) is 0 Å². The third-order valence-corrected chi connectivity index (χ3v) is 3.04. The fourth-order valence-electron chi connectivity index (χ4n) is 1.30. The molecule has 12 heavy (non-hydrogen) atoms. The SMILES string of the molecule is Cc1c(C#N)ccc2ccsc12. The summed E-state index contributed by atoms with van der Waals surface area (Å²) in [7, 11) is 0. The highest BCUT2D eigenvalue weighted by atomic mass is 32.1. The van der Waals surface area contributed by atoms with Crippen LogP contribution in [0.15, 0.2) is 23.6 Å². The van der Waals surface area contributed by atoms with Crippen molar-refractivity contribution in [3.05, 3.63) is 34.7 Å². The van der Waals surface area contributed by atoms with E-state index < -0.39 is 0 Å². The van der Waals surface area contributed by atoms with Crippen LogP contribution in [0.1, 0.15) is 11.1 Å². The van der Waals surface area contributed by atoms with Gasteiger partial charge in [0.2, 0.25) is 0 Å². The van der Waals surface area contributed by atoms with Crippen molar-refractivity contribution in [2.75, 3.05) is 0 Å². The fraction of sp³-hybridized carbons (Fsp3) is 0.100. The van der Waals surface area contributed by atoms with Crippen LogP contribution in [0.2, 0.25) is 0 Å². The molecule has 2 aromatic rings. The molecule has 0 amide bonds. The maximum Gasteiger partial charge on any atom is 0.0994 e. The van der Waals surface area contributed by atoms with Crippen LogP contribution in [0, 0.1) is 18.3 Å². The molecule has 2 heteroatoms. The van der Waals surface area contributed by atoms with E-state index in [4.69, 9.17) is 5.26 Å². The summed E-state index contributed by atoms with van der Waals surface area (Å²) < 4.78 is 1.23. The lowest BCUT2D eigenvalue weighted by Gasteiger charge is -1.96. The quantitative estimate of drug-likeness (QED) is 0.600. The molecule has 0 spiro atoms. The molecule has 1 aromatic heterocycles. The van der Waals surface area contributed by atoms with Gasteiger partial charge in [-0.2, -0.15) is 5.26 Å². The van der Waals surface area contributed by atoms with Crippen LogP contribution in [-0.4, -0.2) is 0 Å². The van der Waals surface area contributed by atoms with E-state index in [1.165, 1.54) is 10.1 Å². The lowest BCUT2D eigenvalue weighted by atomic mass is 10.1. The van der Waals surface area contributed by atoms with Gasteiger partial charge in [-0.05, 0) is 35.4 Å². The molecule has 1 aromatic carbocycles. The van der Waals surface area contributed by atoms with Crippen molar-refractivity contribution in [2.45, 2.75) is 6.92 Å². The number of thiophene rings is 1. The van der Waals surface area contributed by atoms with Gasteiger partial charge in [0.1, 0.15) is 0 Å². The van der Waals surface area contributed by atoms with Crippen molar-refractivity contribution in [1.29, 1.82) is 5.26 Å². The highest BCUT2D eigenvalue weighted by Crippen LogP contribution is 2.26. The first-order valence-electron chi connectivity index (χ1n) is 3.70. The molecule has 0 fully saturated rings. The Balaban J connectivity index is 2.89. The summed E-state index contributed by atoms with van der Waals surface area (Å²) in [5, 5.41) is 12.1. The summed E-state index contributed by atoms with van der Waals surface area (Å²) in [6.07, 6.45) is 0. The molecule has 2 rings (SSSR count). The molecule has 1 heterocycles. The predicted octanol–water partition coefficient (Wildman–Crippen LogP) is 3.08. The maximum absolute atomic E-state index is 8.77. The van der Waals surface area contributed by atoms with Crippen molar-refractivity contribution in [2.24, 2.45) is 0 Å². The summed E-state index contributed by atoms with van der Waals surface area (Å²) in [5.74, 6) is 0. The molecular formula is C10H7NS. The second-order valence-corrected chi connectivity index (χ2v) is 3.60. The number of fused-ring (bicyclic) bond motifs is 1. The number of aryl methyl sites for hydroxylation is 1. The summed E-state index contributed by atoms with van der Waals surface area (Å²) >= 11 is 1.69. The summed E-state index contributed by atoms with van der Waals surface area (Å²) in [4.78, 5) is 0. The van der Waals surface area contributed by atoms with Gasteiger partial charge in [-0.3, -0.25) is 0 Å². The Bertz CT molecular complexity index is 462. The molecule has 0 unspecified atom stereocenters. The first-order valence-corrected chi connectivity index (χ1v) is 4.58. The third-order valence-electron chi connectivity index (χ3n) is 1.99. The Labute approximate surface area is 74.9 Å². The van der Waals surface area contributed by atoms with Crippen LogP contribution >= 0.6 is 11.3 Å².